The Morgan fingerprint density at radius 2 is 1.61 bits per heavy atom. The van der Waals surface area contributed by atoms with Gasteiger partial charge < -0.3 is 54.2 Å². The van der Waals surface area contributed by atoms with E-state index in [1.165, 1.54) is 20.3 Å². The van der Waals surface area contributed by atoms with Crippen LogP contribution >= 0.6 is 0 Å². The minimum absolute atomic E-state index is 0.0366. The maximum absolute atomic E-state index is 14.9. The second-order valence-electron chi connectivity index (χ2n) is 20.8. The van der Waals surface area contributed by atoms with Crippen molar-refractivity contribution in [3.8, 4) is 17.2 Å². The molecule has 0 saturated carbocycles. The van der Waals surface area contributed by atoms with Gasteiger partial charge in [0.1, 0.15) is 34.0 Å². The molecule has 6 aliphatic heterocycles. The smallest absolute Gasteiger partial charge is 0.320 e. The van der Waals surface area contributed by atoms with E-state index < -0.39 is 82.9 Å². The molecule has 17 nitrogen and oxygen atoms in total. The fourth-order valence-electron chi connectivity index (χ4n) is 10.9. The lowest BCUT2D eigenvalue weighted by molar-refractivity contribution is -0.165. The van der Waals surface area contributed by atoms with E-state index in [9.17, 15) is 34.8 Å². The summed E-state index contributed by atoms with van der Waals surface area (Å²) < 4.78 is 26.9. The zero-order valence-corrected chi connectivity index (χ0v) is 42.0. The van der Waals surface area contributed by atoms with Crippen molar-refractivity contribution in [2.75, 3.05) is 51.7 Å². The highest BCUT2D eigenvalue weighted by Gasteiger charge is 2.51. The Bertz CT molecular complexity index is 2720. The first kappa shape index (κ1) is 50.8. The fourth-order valence-corrected chi connectivity index (χ4v) is 10.9. The van der Waals surface area contributed by atoms with Crippen LogP contribution in [0.1, 0.15) is 90.2 Å². The third-order valence-electron chi connectivity index (χ3n) is 15.2. The van der Waals surface area contributed by atoms with Gasteiger partial charge in [0.25, 0.3) is 11.7 Å². The molecule has 5 bridgehead atoms. The van der Waals surface area contributed by atoms with Gasteiger partial charge in [0.15, 0.2) is 5.75 Å². The van der Waals surface area contributed by atoms with Gasteiger partial charge in [-0.3, -0.25) is 24.3 Å². The van der Waals surface area contributed by atoms with Gasteiger partial charge in [0.2, 0.25) is 0 Å². The molecule has 9 atom stereocenters. The average Bonchev–Trinajstić information content (AvgIpc) is 4.04. The second-order valence-corrected chi connectivity index (χ2v) is 20.8. The highest BCUT2D eigenvalue weighted by molar-refractivity contribution is 6.21. The van der Waals surface area contributed by atoms with Crippen LogP contribution in [-0.2, 0) is 23.8 Å². The van der Waals surface area contributed by atoms with Crippen LogP contribution in [0.3, 0.4) is 0 Å². The van der Waals surface area contributed by atoms with E-state index in [0.29, 0.717) is 37.5 Å². The molecule has 1 aromatic heterocycles. The number of fused-ring (bicyclic) bond motifs is 13. The van der Waals surface area contributed by atoms with Crippen LogP contribution in [0, 0.1) is 36.5 Å². The van der Waals surface area contributed by atoms with E-state index >= 15 is 0 Å². The number of anilines is 1. The van der Waals surface area contributed by atoms with Crippen molar-refractivity contribution in [3.05, 3.63) is 82.5 Å². The number of nitrogens with zero attached hydrogens (tertiary/aromatic N) is 5. The number of aliphatic hydroxyl groups excluding tert-OH is 2. The Morgan fingerprint density at radius 1 is 0.929 bits per heavy atom. The van der Waals surface area contributed by atoms with Crippen LogP contribution in [0.4, 0.5) is 5.69 Å². The summed E-state index contributed by atoms with van der Waals surface area (Å²) in [6.45, 7) is 19.8. The molecular weight excluding hydrogens is 897 g/mol. The topological polar surface area (TPSA) is 217 Å². The van der Waals surface area contributed by atoms with Crippen LogP contribution < -0.4 is 20.8 Å². The van der Waals surface area contributed by atoms with E-state index in [0.717, 1.165) is 19.6 Å². The van der Waals surface area contributed by atoms with E-state index in [4.69, 9.17) is 23.9 Å². The lowest BCUT2D eigenvalue weighted by Gasteiger charge is -2.41. The number of hydrogen-bond donors (Lipinski definition) is 5. The lowest BCUT2D eigenvalue weighted by atomic mass is 9.78. The largest absolute Gasteiger partial charge is 0.507 e. The molecule has 0 aliphatic carbocycles. The number of likely N-dealkylation sites (tertiary alicyclic amines) is 2. The van der Waals surface area contributed by atoms with Gasteiger partial charge >= 0.3 is 11.8 Å². The van der Waals surface area contributed by atoms with Crippen molar-refractivity contribution >= 4 is 34.1 Å². The van der Waals surface area contributed by atoms with Crippen LogP contribution in [0.5, 0.6) is 17.2 Å². The number of hydrogen-bond acceptors (Lipinski definition) is 15. The van der Waals surface area contributed by atoms with Crippen molar-refractivity contribution in [1.29, 1.82) is 0 Å². The first-order chi connectivity index (χ1) is 33.2. The minimum atomic E-state index is -1.97. The van der Waals surface area contributed by atoms with Crippen LogP contribution in [0.2, 0.25) is 0 Å². The predicted octanol–water partition coefficient (Wildman–Crippen LogP) is 5.09. The zero-order valence-electron chi connectivity index (χ0n) is 42.0. The molecule has 2 saturated heterocycles. The summed E-state index contributed by atoms with van der Waals surface area (Å²) in [6, 6.07) is 4.17. The number of phenolic OH excluding ortho intramolecular Hbond substituents is 2. The molecule has 70 heavy (non-hydrogen) atoms. The van der Waals surface area contributed by atoms with E-state index in [1.54, 1.807) is 58.9 Å². The summed E-state index contributed by atoms with van der Waals surface area (Å²) in [4.78, 5) is 56.6. The number of allylic oxidation sites excluding steroid dienone is 2. The van der Waals surface area contributed by atoms with Gasteiger partial charge in [0, 0.05) is 112 Å². The van der Waals surface area contributed by atoms with Gasteiger partial charge in [-0.1, -0.05) is 59.8 Å². The normalized spacial score (nSPS) is 31.5. The maximum Gasteiger partial charge on any atom is 0.320 e. The summed E-state index contributed by atoms with van der Waals surface area (Å²) in [5.74, 6) is -6.63. The Hall–Kier alpha value is -5.59. The lowest BCUT2D eigenvalue weighted by Crippen LogP contribution is -2.51. The number of ketones is 1. The van der Waals surface area contributed by atoms with Gasteiger partial charge in [-0.25, -0.2) is 4.99 Å². The van der Waals surface area contributed by atoms with Gasteiger partial charge in [-0.2, -0.15) is 0 Å². The highest BCUT2D eigenvalue weighted by Crippen LogP contribution is 2.51. The minimum Gasteiger partial charge on any atom is -0.507 e. The number of methoxy groups -OCH3 is 1. The van der Waals surface area contributed by atoms with Crippen molar-refractivity contribution in [2.45, 2.75) is 117 Å². The molecule has 0 unspecified atom stereocenters. The van der Waals surface area contributed by atoms with Crippen LogP contribution in [0.15, 0.2) is 70.7 Å². The standard InChI is InChI=1S/C53H70N6O11/c1-28(2)24-57-21-17-53(18-22-57)55-41-38-39-46(63)34(8)49-40(38)50(65)52(9,70-49)68-23-16-36(67-10)31(5)48(69-37(60)27-58-25-35(26-58)59-19-11-12-20-59)33(7)45(62)32(6)44(61)29(3)14-13-15-30(4)51(66)54-43(47(39)64)42(41)56-53/h11-16,19-20,23,28-29,31-33,35-36,44-45,48,55,61-64H,17-18,21-22,24-27H2,1-10H3/b14-13+,23-16+,30-15-,54-43?/t29-,31+,32+,33+,36-,44-,45+,48+,52-/m0/s1. The summed E-state index contributed by atoms with van der Waals surface area (Å²) in [5, 5.41) is 51.4. The number of carbonyl (C=O) groups excluding carboxylic acids is 3. The molecule has 5 N–H and O–H groups in total. The quantitative estimate of drug-likeness (QED) is 0.154. The van der Waals surface area contributed by atoms with E-state index in [1.807, 2.05) is 36.4 Å². The summed E-state index contributed by atoms with van der Waals surface area (Å²) in [7, 11) is 1.49. The molecule has 378 valence electrons. The number of ether oxygens (including phenoxy) is 4. The number of aromatic nitrogens is 1. The summed E-state index contributed by atoms with van der Waals surface area (Å²) >= 11 is 0. The molecule has 9 rings (SSSR count). The Labute approximate surface area is 409 Å². The number of aliphatic hydroxyl groups is 2. The number of benzene rings is 2. The molecule has 7 heterocycles. The number of piperidine rings is 1. The summed E-state index contributed by atoms with van der Waals surface area (Å²) in [5.41, 5.74) is -0.126. The Balaban J connectivity index is 1.19. The number of carbonyl (C=O) groups is 3. The number of rotatable bonds is 7. The second kappa shape index (κ2) is 19.9. The number of esters is 1. The number of nitrogens with one attached hydrogen (secondary N) is 1. The van der Waals surface area contributed by atoms with Crippen molar-refractivity contribution in [1.82, 2.24) is 14.4 Å². The zero-order chi connectivity index (χ0) is 50.6. The Morgan fingerprint density at radius 3 is 2.27 bits per heavy atom. The summed E-state index contributed by atoms with van der Waals surface area (Å²) in [6.07, 6.45) is 9.02. The van der Waals surface area contributed by atoms with Gasteiger partial charge in [-0.15, -0.1) is 0 Å². The van der Waals surface area contributed by atoms with Gasteiger partial charge in [0.05, 0.1) is 53.8 Å². The van der Waals surface area contributed by atoms with Crippen molar-refractivity contribution in [3.63, 3.8) is 0 Å². The third-order valence-corrected chi connectivity index (χ3v) is 15.2. The molecule has 1 spiro atoms. The average molecular weight is 967 g/mol. The molecular formula is C53H70N6O11. The molecule has 17 heteroatoms. The Kier molecular flexibility index (Phi) is 14.4. The van der Waals surface area contributed by atoms with Gasteiger partial charge in [-0.05, 0) is 38.0 Å². The molecule has 0 radical (unpaired) electrons. The first-order valence-electron chi connectivity index (χ1n) is 24.6. The molecule has 1 amide bonds. The maximum atomic E-state index is 14.9. The number of aromatic hydroxyl groups is 2. The number of Topliss-reactive ketones (excluding diaryl/α,β-unsaturated/α-hetero) is 1. The fraction of sp³-hybridized carbons (Fsp3) is 0.566. The third kappa shape index (κ3) is 9.50. The van der Waals surface area contributed by atoms with E-state index in [2.05, 4.69) is 33.6 Å². The molecule has 6 aliphatic rings. The molecule has 2 aromatic carbocycles. The van der Waals surface area contributed by atoms with Crippen molar-refractivity contribution < 1.29 is 53.8 Å². The SMILES string of the molecule is CO[C@H]1/C=C/O[C@@]2(C)Oc3c(C)c(O)c4c(O)c(c5c(c4c3C2=O)NC2(CCN(CC(C)C)CC2)N=5)=NC(=O)/C(C)=C\C=C\[C@H](C)[C@H](O)[C@@H](C)[C@@H](O)[C@@H](C)[C@H](OC(=O)CN2CC(n3cccc3)C2)[C@@H]1C. The van der Waals surface area contributed by atoms with Crippen molar-refractivity contribution in [2.24, 2.45) is 39.6 Å². The number of amides is 1. The van der Waals surface area contributed by atoms with E-state index in [-0.39, 0.29) is 62.3 Å². The highest BCUT2D eigenvalue weighted by atomic mass is 16.7. The van der Waals surface area contributed by atoms with Crippen LogP contribution in [0.25, 0.3) is 10.8 Å². The molecule has 3 aromatic rings. The monoisotopic (exact) mass is 967 g/mol. The van der Waals surface area contributed by atoms with Crippen LogP contribution in [-0.4, -0.2) is 135 Å². The predicted molar refractivity (Wildman–Crippen MR) is 262 cm³/mol. The first-order valence-corrected chi connectivity index (χ1v) is 24.6. The molecule has 2 fully saturated rings. The number of phenols is 2.